The fourth-order valence-corrected chi connectivity index (χ4v) is 4.30. The summed E-state index contributed by atoms with van der Waals surface area (Å²) in [5, 5.41) is 4.72. The Bertz CT molecular complexity index is 1310. The predicted octanol–water partition coefficient (Wildman–Crippen LogP) is 3.03. The summed E-state index contributed by atoms with van der Waals surface area (Å²) >= 11 is 5.94. The molecule has 0 bridgehead atoms. The zero-order valence-electron chi connectivity index (χ0n) is 18.3. The quantitative estimate of drug-likeness (QED) is 0.568. The highest BCUT2D eigenvalue weighted by Gasteiger charge is 2.48. The minimum absolute atomic E-state index is 0.0474. The van der Waals surface area contributed by atoms with E-state index in [1.165, 1.54) is 6.20 Å². The van der Waals surface area contributed by atoms with Gasteiger partial charge in [-0.15, -0.1) is 0 Å². The molecule has 2 aromatic rings. The van der Waals surface area contributed by atoms with Crippen LogP contribution < -0.4 is 16.5 Å². The van der Waals surface area contributed by atoms with Gasteiger partial charge in [0.1, 0.15) is 29.4 Å². The van der Waals surface area contributed by atoms with Crippen LogP contribution in [0.25, 0.3) is 5.70 Å². The molecule has 182 valence electrons. The molecule has 14 heteroatoms. The number of rotatable bonds is 5. The average molecular weight is 506 g/mol. The lowest BCUT2D eigenvalue weighted by Gasteiger charge is -2.24. The molecule has 4 N–H and O–H groups in total. The van der Waals surface area contributed by atoms with Crippen molar-refractivity contribution < 1.29 is 18.0 Å². The Morgan fingerprint density at radius 1 is 1.29 bits per heavy atom. The third-order valence-corrected chi connectivity index (χ3v) is 6.15. The molecule has 0 spiro atoms. The number of nitrogens with two attached hydrogens (primary N) is 1. The average Bonchev–Trinajstić information content (AvgIpc) is 3.36. The number of amidine groups is 1. The smallest absolute Gasteiger partial charge is 0.383 e. The first-order valence-corrected chi connectivity index (χ1v) is 11.0. The van der Waals surface area contributed by atoms with Gasteiger partial charge in [0.25, 0.3) is 0 Å². The van der Waals surface area contributed by atoms with Gasteiger partial charge in [0, 0.05) is 12.6 Å². The van der Waals surface area contributed by atoms with Gasteiger partial charge in [-0.2, -0.15) is 13.2 Å². The third-order valence-electron chi connectivity index (χ3n) is 5.93. The van der Waals surface area contributed by atoms with Crippen molar-refractivity contribution >= 4 is 46.4 Å². The summed E-state index contributed by atoms with van der Waals surface area (Å²) < 4.78 is 37.9. The number of alkyl halides is 3. The zero-order valence-corrected chi connectivity index (χ0v) is 19.1. The number of amides is 1. The van der Waals surface area contributed by atoms with Crippen LogP contribution in [0.15, 0.2) is 34.5 Å². The van der Waals surface area contributed by atoms with Crippen LogP contribution in [0.3, 0.4) is 0 Å². The Labute approximate surface area is 202 Å². The molecule has 2 aromatic heterocycles. The van der Waals surface area contributed by atoms with E-state index >= 15 is 0 Å². The van der Waals surface area contributed by atoms with Gasteiger partial charge < -0.3 is 11.1 Å². The van der Waals surface area contributed by atoms with E-state index in [0.29, 0.717) is 27.8 Å². The second kappa shape index (κ2) is 8.27. The molecule has 3 aliphatic rings. The Balaban J connectivity index is 1.50. The number of hydrogen-bond donors (Lipinski definition) is 3. The number of nitrogen functional groups attached to an aromatic ring is 1. The molecule has 0 radical (unpaired) electrons. The van der Waals surface area contributed by atoms with Crippen molar-refractivity contribution in [1.29, 1.82) is 0 Å². The van der Waals surface area contributed by atoms with Gasteiger partial charge >= 0.3 is 6.18 Å². The molecular formula is C21H19ClF3N9O. The van der Waals surface area contributed by atoms with E-state index in [1.807, 2.05) is 0 Å². The molecule has 0 aliphatic carbocycles. The number of carbonyl (C=O) groups excluding carboxylic acids is 1. The number of aliphatic imine (C=N–C) groups is 2. The van der Waals surface area contributed by atoms with Gasteiger partial charge in [0.2, 0.25) is 5.91 Å². The second-order valence-corrected chi connectivity index (χ2v) is 8.74. The number of pyridine rings is 1. The minimum Gasteiger partial charge on any atom is -0.383 e. The van der Waals surface area contributed by atoms with Crippen molar-refractivity contribution in [2.45, 2.75) is 37.8 Å². The number of aromatic nitrogens is 3. The highest BCUT2D eigenvalue weighted by Crippen LogP contribution is 2.44. The van der Waals surface area contributed by atoms with E-state index in [0.717, 1.165) is 0 Å². The van der Waals surface area contributed by atoms with Gasteiger partial charge in [-0.05, 0) is 31.9 Å². The van der Waals surface area contributed by atoms with Crippen LogP contribution in [-0.4, -0.2) is 50.3 Å². The Morgan fingerprint density at radius 2 is 2.09 bits per heavy atom. The molecule has 1 atom stereocenters. The molecule has 5 rings (SSSR count). The van der Waals surface area contributed by atoms with E-state index in [-0.39, 0.29) is 48.6 Å². The topological polar surface area (TPSA) is 134 Å². The number of carbonyl (C=O) groups is 1. The highest BCUT2D eigenvalue weighted by atomic mass is 35.5. The summed E-state index contributed by atoms with van der Waals surface area (Å²) in [7, 11) is 0. The Hall–Kier alpha value is -3.58. The molecule has 0 saturated heterocycles. The molecule has 1 amide bonds. The highest BCUT2D eigenvalue weighted by molar-refractivity contribution is 6.43. The number of anilines is 2. The first-order chi connectivity index (χ1) is 16.6. The fraction of sp³-hybridized carbons (Fsp3) is 0.333. The van der Waals surface area contributed by atoms with E-state index in [9.17, 15) is 18.0 Å². The van der Waals surface area contributed by atoms with E-state index < -0.39 is 18.0 Å². The maximum absolute atomic E-state index is 13.0. The van der Waals surface area contributed by atoms with Crippen molar-refractivity contribution in [3.05, 3.63) is 46.6 Å². The summed E-state index contributed by atoms with van der Waals surface area (Å²) in [6.07, 6.45) is -2.26. The van der Waals surface area contributed by atoms with Gasteiger partial charge in [0.05, 0.1) is 28.2 Å². The lowest BCUT2D eigenvalue weighted by molar-refractivity contribution is -0.135. The lowest BCUT2D eigenvalue weighted by atomic mass is 9.81. The fourth-order valence-electron chi connectivity index (χ4n) is 4.19. The standard InChI is InChI=1S/C21H19ClF3N9O/c1-20(13-5-4-10(22)7-27-13)14-15(26)31-16(32-17(14)33-19(20)35)12-8-34-18(28-9-29-34)11(30-12)3-2-6-21(23,24)25/h4-5,7-8,29H,2-3,6,9H2,1H3,(H3,26,31,32,33,35). The summed E-state index contributed by atoms with van der Waals surface area (Å²) in [5.41, 5.74) is 9.47. The molecule has 35 heavy (non-hydrogen) atoms. The zero-order chi connectivity index (χ0) is 25.0. The van der Waals surface area contributed by atoms with Gasteiger partial charge in [0.15, 0.2) is 11.7 Å². The van der Waals surface area contributed by atoms with Gasteiger partial charge in [-0.3, -0.25) is 14.8 Å². The van der Waals surface area contributed by atoms with Crippen molar-refractivity contribution in [2.75, 3.05) is 17.7 Å². The van der Waals surface area contributed by atoms with Crippen LogP contribution >= 0.6 is 11.6 Å². The van der Waals surface area contributed by atoms with Crippen molar-refractivity contribution in [3.8, 4) is 0 Å². The van der Waals surface area contributed by atoms with E-state index in [4.69, 9.17) is 17.3 Å². The normalized spacial score (nSPS) is 21.2. The first-order valence-electron chi connectivity index (χ1n) is 10.6. The Kier molecular flexibility index (Phi) is 5.48. The van der Waals surface area contributed by atoms with Crippen LogP contribution in [-0.2, 0) is 10.2 Å². The molecule has 1 unspecified atom stereocenters. The molecule has 3 aliphatic heterocycles. The SMILES string of the molecule is CC1(c2ccc(Cl)cn2)C(=O)Nc2nc(C3=CN4NCN=C4C(CCCC(F)(F)F)=N3)nc(N)c21. The number of hydrazine groups is 1. The molecule has 0 aromatic carbocycles. The van der Waals surface area contributed by atoms with Crippen LogP contribution in [0.4, 0.5) is 24.8 Å². The van der Waals surface area contributed by atoms with Crippen molar-refractivity contribution in [2.24, 2.45) is 9.98 Å². The summed E-state index contributed by atoms with van der Waals surface area (Å²) in [4.78, 5) is 34.9. The summed E-state index contributed by atoms with van der Waals surface area (Å²) in [6, 6.07) is 3.25. The maximum atomic E-state index is 13.0. The maximum Gasteiger partial charge on any atom is 0.389 e. The van der Waals surface area contributed by atoms with Crippen LogP contribution in [0.2, 0.25) is 5.02 Å². The second-order valence-electron chi connectivity index (χ2n) is 8.31. The molecule has 0 fully saturated rings. The van der Waals surface area contributed by atoms with Crippen LogP contribution in [0, 0.1) is 0 Å². The lowest BCUT2D eigenvalue weighted by Crippen LogP contribution is -2.39. The Morgan fingerprint density at radius 3 is 2.80 bits per heavy atom. The van der Waals surface area contributed by atoms with Crippen LogP contribution in [0.5, 0.6) is 0 Å². The molecule has 10 nitrogen and oxygen atoms in total. The van der Waals surface area contributed by atoms with Gasteiger partial charge in [-0.1, -0.05) is 11.6 Å². The largest absolute Gasteiger partial charge is 0.389 e. The van der Waals surface area contributed by atoms with Crippen molar-refractivity contribution in [3.63, 3.8) is 0 Å². The van der Waals surface area contributed by atoms with Gasteiger partial charge in [-0.25, -0.2) is 25.4 Å². The first kappa shape index (κ1) is 23.2. The summed E-state index contributed by atoms with van der Waals surface area (Å²) in [5.74, 6) is 0.423. The number of nitrogens with zero attached hydrogens (tertiary/aromatic N) is 6. The van der Waals surface area contributed by atoms with E-state index in [1.54, 1.807) is 30.3 Å². The number of halogens is 4. The monoisotopic (exact) mass is 505 g/mol. The third kappa shape index (κ3) is 4.10. The van der Waals surface area contributed by atoms with E-state index in [2.05, 4.69) is 35.7 Å². The molecule has 0 saturated carbocycles. The van der Waals surface area contributed by atoms with Crippen LogP contribution in [0.1, 0.15) is 43.3 Å². The number of nitrogens with one attached hydrogen (secondary N) is 2. The predicted molar refractivity (Wildman–Crippen MR) is 123 cm³/mol. The number of fused-ring (bicyclic) bond motifs is 2. The molecular weight excluding hydrogens is 487 g/mol. The summed E-state index contributed by atoms with van der Waals surface area (Å²) in [6.45, 7) is 1.92. The van der Waals surface area contributed by atoms with Crippen molar-refractivity contribution in [1.82, 2.24) is 25.4 Å². The number of hydrogen-bond acceptors (Lipinski definition) is 9. The minimum atomic E-state index is -4.26. The molecule has 5 heterocycles.